The first-order valence-electron chi connectivity index (χ1n) is 30.0. The van der Waals surface area contributed by atoms with Gasteiger partial charge < -0.3 is 47.7 Å². The minimum atomic E-state index is -4.53. The van der Waals surface area contributed by atoms with Gasteiger partial charge in [0, 0.05) is 55.0 Å². The van der Waals surface area contributed by atoms with Crippen LogP contribution in [0.3, 0.4) is 0 Å². The van der Waals surface area contributed by atoms with Crippen LogP contribution in [0.1, 0.15) is 173 Å². The van der Waals surface area contributed by atoms with Crippen LogP contribution >= 0.6 is 11.3 Å². The number of unbranched alkanes of at least 4 members (excludes halogenated alkanes) is 3. The lowest BCUT2D eigenvalue weighted by Crippen LogP contribution is -2.59. The van der Waals surface area contributed by atoms with Gasteiger partial charge in [-0.25, -0.2) is 27.3 Å². The highest BCUT2D eigenvalue weighted by Crippen LogP contribution is 2.33. The normalized spacial score (nSPS) is 16.3. The number of sulfonamides is 1. The molecule has 22 nitrogen and oxygen atoms in total. The molecular formula is C61H94FN11O11S2. The molecule has 1 aromatic heterocycles. The Balaban J connectivity index is 1.57. The number of carbonyl (C=O) groups is 8. The van der Waals surface area contributed by atoms with Crippen LogP contribution in [0.25, 0.3) is 0 Å². The van der Waals surface area contributed by atoms with Crippen molar-refractivity contribution in [2.24, 2.45) is 34.6 Å². The van der Waals surface area contributed by atoms with Crippen LogP contribution in [0.2, 0.25) is 0 Å². The smallest absolute Gasteiger partial charge is 0.312 e. The number of rotatable bonds is 34. The van der Waals surface area contributed by atoms with Gasteiger partial charge in [-0.2, -0.15) is 0 Å². The maximum Gasteiger partial charge on any atom is 0.312 e. The predicted molar refractivity (Wildman–Crippen MR) is 329 cm³/mol. The summed E-state index contributed by atoms with van der Waals surface area (Å²) < 4.78 is 49.8. The van der Waals surface area contributed by atoms with Crippen molar-refractivity contribution in [1.82, 2.24) is 40.8 Å². The molecule has 2 aromatic carbocycles. The Morgan fingerprint density at radius 2 is 1.56 bits per heavy atom. The number of anilines is 1. The molecule has 1 fully saturated rings. The molecule has 4 rings (SSSR count). The largest absolute Gasteiger partial charge is 0.455 e. The van der Waals surface area contributed by atoms with E-state index in [0.717, 1.165) is 50.0 Å². The van der Waals surface area contributed by atoms with Gasteiger partial charge >= 0.3 is 12.0 Å². The van der Waals surface area contributed by atoms with E-state index in [1.165, 1.54) is 74.7 Å². The summed E-state index contributed by atoms with van der Waals surface area (Å²) in [4.78, 5) is 116. The number of aromatic nitrogens is 1. The number of halogens is 1. The van der Waals surface area contributed by atoms with Gasteiger partial charge in [-0.15, -0.1) is 11.3 Å². The fraction of sp³-hybridized carbons (Fsp3) is 0.623. The standard InChI is InChI=1S/C61H94FN11O11S2/c1-12-14-15-17-32-73(58(79)52(39(7)13-2)70-55(77)48-21-16-18-31-72(48)11)49(37(3)4)34-50(84-40(8)74)57-69-47(36-85-57)54(76)67-44(33-41-22-24-42(62)25-23-41)35-61(9,10)59(80)71-86(82,83)45-28-26-43(27-29-45)66-53(75)46(20-19-30-65-60(64)81)68-56(78)51(63)38(5)6/h22-29,36-39,44,46,48-52H,12-21,30-35,63H2,1-11H3,(H,66,75)(H,67,76)(H,68,78)(H,70,77)(H,71,80)(H3,64,65,81)/t39-,44-,46-,48+,49+,50+,51-,52-/m0/s1. The monoisotopic (exact) mass is 1240 g/mol. The average molecular weight is 1240 g/mol. The van der Waals surface area contributed by atoms with Crippen molar-refractivity contribution >= 4 is 74.5 Å². The summed E-state index contributed by atoms with van der Waals surface area (Å²) in [6, 6.07) is 5.28. The summed E-state index contributed by atoms with van der Waals surface area (Å²) in [6.45, 7) is 19.1. The first-order chi connectivity index (χ1) is 40.5. The fourth-order valence-corrected chi connectivity index (χ4v) is 12.2. The van der Waals surface area contributed by atoms with Crippen LogP contribution in [0.4, 0.5) is 14.9 Å². The SMILES string of the molecule is CCCCCCN(C(=O)[C@@H](NC(=O)[C@H]1CCCCN1C)[C@@H](C)CC)[C@H](C[C@@H](OC(C)=O)c1nc(C(=O)N[C@@H](Cc2ccc(F)cc2)CC(C)(C)C(=O)NS(=O)(=O)c2ccc(NC(=O)[C@H](CCCNC(N)=O)NC(=O)[C@@H](N)C(C)C)cc2)cs1)C(C)C. The highest BCUT2D eigenvalue weighted by molar-refractivity contribution is 7.90. The van der Waals surface area contributed by atoms with Crippen LogP contribution in [0.15, 0.2) is 58.8 Å². The number of likely N-dealkylation sites (tertiary alicyclic amines) is 1. The van der Waals surface area contributed by atoms with Gasteiger partial charge in [0.1, 0.15) is 28.6 Å². The Hall–Kier alpha value is -6.57. The number of ether oxygens (including phenoxy) is 1. The summed E-state index contributed by atoms with van der Waals surface area (Å²) >= 11 is 1.09. The maximum atomic E-state index is 15.1. The molecule has 0 bridgehead atoms. The second kappa shape index (κ2) is 34.1. The third kappa shape index (κ3) is 22.3. The number of nitrogens with two attached hydrogens (primary N) is 2. The molecule has 478 valence electrons. The zero-order chi connectivity index (χ0) is 64.1. The average Bonchev–Trinajstić information content (AvgIpc) is 4.11. The van der Waals surface area contributed by atoms with E-state index >= 15 is 4.79 Å². The van der Waals surface area contributed by atoms with E-state index in [0.29, 0.717) is 36.4 Å². The molecule has 2 heterocycles. The zero-order valence-corrected chi connectivity index (χ0v) is 53.6. The van der Waals surface area contributed by atoms with Gasteiger partial charge in [-0.05, 0) is 118 Å². The number of thiazole rings is 1. The van der Waals surface area contributed by atoms with Gasteiger partial charge in [0.2, 0.25) is 29.5 Å². The van der Waals surface area contributed by atoms with Crippen molar-refractivity contribution in [3.05, 3.63) is 76.0 Å². The number of carbonyl (C=O) groups excluding carboxylic acids is 8. The molecule has 1 saturated heterocycles. The second-order valence-electron chi connectivity index (χ2n) is 24.0. The molecule has 86 heavy (non-hydrogen) atoms. The van der Waals surface area contributed by atoms with Gasteiger partial charge in [0.05, 0.1) is 17.0 Å². The van der Waals surface area contributed by atoms with E-state index < -0.39 is 93.2 Å². The summed E-state index contributed by atoms with van der Waals surface area (Å²) in [7, 11) is -2.60. The summed E-state index contributed by atoms with van der Waals surface area (Å²) in [6.07, 6.45) is 6.26. The number of nitrogens with zero attached hydrogens (tertiary/aromatic N) is 3. The minimum Gasteiger partial charge on any atom is -0.455 e. The maximum absolute atomic E-state index is 15.1. The zero-order valence-electron chi connectivity index (χ0n) is 52.0. The van der Waals surface area contributed by atoms with E-state index in [9.17, 15) is 46.4 Å². The molecule has 0 radical (unpaired) electrons. The van der Waals surface area contributed by atoms with Crippen molar-refractivity contribution in [3.63, 3.8) is 0 Å². The third-order valence-electron chi connectivity index (χ3n) is 15.7. The van der Waals surface area contributed by atoms with E-state index in [1.807, 2.05) is 44.5 Å². The van der Waals surface area contributed by atoms with Crippen molar-refractivity contribution in [2.45, 2.75) is 200 Å². The van der Waals surface area contributed by atoms with E-state index in [1.54, 1.807) is 13.8 Å². The first-order valence-corrected chi connectivity index (χ1v) is 32.4. The number of amides is 8. The number of nitrogens with one attached hydrogen (secondary N) is 6. The highest BCUT2D eigenvalue weighted by Gasteiger charge is 2.40. The number of benzene rings is 2. The molecule has 0 aliphatic carbocycles. The Labute approximate surface area is 511 Å². The van der Waals surface area contributed by atoms with Crippen LogP contribution in [-0.4, -0.2) is 134 Å². The lowest BCUT2D eigenvalue weighted by molar-refractivity contribution is -0.149. The van der Waals surface area contributed by atoms with E-state index in [4.69, 9.17) is 21.2 Å². The van der Waals surface area contributed by atoms with E-state index in [2.05, 4.69) is 38.2 Å². The van der Waals surface area contributed by atoms with Gasteiger partial charge in [0.25, 0.3) is 15.9 Å². The molecule has 0 unspecified atom stereocenters. The number of hydrogen-bond donors (Lipinski definition) is 8. The molecule has 0 saturated carbocycles. The lowest BCUT2D eigenvalue weighted by atomic mass is 9.83. The topological polar surface area (TPSA) is 324 Å². The molecule has 3 aromatic rings. The summed E-state index contributed by atoms with van der Waals surface area (Å²) in [5, 5.41) is 15.6. The summed E-state index contributed by atoms with van der Waals surface area (Å²) in [5.41, 5.74) is 10.4. The Bertz CT molecular complexity index is 2850. The fourth-order valence-electron chi connectivity index (χ4n) is 10.3. The van der Waals surface area contributed by atoms with Crippen LogP contribution in [0, 0.1) is 29.0 Å². The Morgan fingerprint density at radius 1 is 0.884 bits per heavy atom. The molecule has 25 heteroatoms. The van der Waals surface area contributed by atoms with Crippen molar-refractivity contribution in [3.8, 4) is 0 Å². The molecule has 10 N–H and O–H groups in total. The first kappa shape index (κ1) is 71.9. The minimum absolute atomic E-state index is 0.0374. The molecule has 1 aliphatic heterocycles. The lowest BCUT2D eigenvalue weighted by Gasteiger charge is -2.40. The molecule has 8 amide bonds. The van der Waals surface area contributed by atoms with Crippen LogP contribution in [-0.2, 0) is 49.9 Å². The predicted octanol–water partition coefficient (Wildman–Crippen LogP) is 6.84. The van der Waals surface area contributed by atoms with Crippen LogP contribution in [0.5, 0.6) is 0 Å². The quantitative estimate of drug-likeness (QED) is 0.0224. The molecule has 0 spiro atoms. The Morgan fingerprint density at radius 3 is 2.15 bits per heavy atom. The van der Waals surface area contributed by atoms with Crippen LogP contribution < -0.4 is 42.8 Å². The number of urea groups is 1. The number of esters is 1. The van der Waals surface area contributed by atoms with Gasteiger partial charge in [-0.3, -0.25) is 38.5 Å². The summed E-state index contributed by atoms with van der Waals surface area (Å²) in [5.74, 6) is -4.84. The molecule has 8 atom stereocenters. The third-order valence-corrected chi connectivity index (χ3v) is 18.0. The number of primary amides is 1. The number of hydrogen-bond acceptors (Lipinski definition) is 15. The number of piperidine rings is 1. The second-order valence-corrected chi connectivity index (χ2v) is 26.5. The molecule has 1 aliphatic rings. The molecular weight excluding hydrogens is 1150 g/mol. The van der Waals surface area contributed by atoms with Crippen molar-refractivity contribution in [1.29, 1.82) is 0 Å². The van der Waals surface area contributed by atoms with Gasteiger partial charge in [-0.1, -0.05) is 107 Å². The highest BCUT2D eigenvalue weighted by atomic mass is 32.2. The van der Waals surface area contributed by atoms with Crippen molar-refractivity contribution in [2.75, 3.05) is 32.0 Å². The number of likely N-dealkylation sites (N-methyl/N-ethyl adjacent to an activating group) is 1. The van der Waals surface area contributed by atoms with Crippen molar-refractivity contribution < 1.29 is 55.9 Å². The van der Waals surface area contributed by atoms with Gasteiger partial charge in [0.15, 0.2) is 6.10 Å². The Kier molecular flexibility index (Phi) is 28.5. The van der Waals surface area contributed by atoms with E-state index in [-0.39, 0.29) is 90.5 Å².